The van der Waals surface area contributed by atoms with Crippen LogP contribution in [0, 0.1) is 0 Å². The van der Waals surface area contributed by atoms with Crippen LogP contribution in [0.3, 0.4) is 0 Å². The highest BCUT2D eigenvalue weighted by molar-refractivity contribution is 8.01. The van der Waals surface area contributed by atoms with Crippen molar-refractivity contribution >= 4 is 23.6 Å². The van der Waals surface area contributed by atoms with E-state index in [0.29, 0.717) is 5.56 Å². The minimum Gasteiger partial charge on any atom is -0.480 e. The van der Waals surface area contributed by atoms with Crippen LogP contribution in [0.4, 0.5) is 0 Å². The third kappa shape index (κ3) is 1.34. The Morgan fingerprint density at radius 3 is 2.72 bits per heavy atom. The van der Waals surface area contributed by atoms with Gasteiger partial charge in [-0.25, -0.2) is 4.79 Å². The smallest absolute Gasteiger partial charge is 0.327 e. The number of fused-ring (bicyclic) bond motifs is 3. The highest BCUT2D eigenvalue weighted by Crippen LogP contribution is 2.56. The molecule has 1 unspecified atom stereocenters. The molecule has 1 saturated heterocycles. The SMILES string of the molecule is CC1(C)SC2c3ccccc3C(=O)N2[C@@H]1C(=O)O. The van der Waals surface area contributed by atoms with Crippen molar-refractivity contribution in [3.8, 4) is 0 Å². The molecule has 1 fully saturated rings. The van der Waals surface area contributed by atoms with Crippen LogP contribution in [-0.2, 0) is 4.79 Å². The molecule has 1 aromatic carbocycles. The maximum absolute atomic E-state index is 12.3. The van der Waals surface area contributed by atoms with Gasteiger partial charge in [0.1, 0.15) is 11.4 Å². The molecule has 2 aliphatic rings. The van der Waals surface area contributed by atoms with E-state index < -0.39 is 16.8 Å². The average molecular weight is 263 g/mol. The van der Waals surface area contributed by atoms with Gasteiger partial charge in [0.15, 0.2) is 0 Å². The standard InChI is InChI=1S/C13H13NO3S/c1-13(2)9(12(16)17)14-10(15)7-5-3-4-6-8(7)11(14)18-13/h3-6,9,11H,1-2H3,(H,16,17)/t9-,11?/m1/s1. The van der Waals surface area contributed by atoms with Gasteiger partial charge in [0.25, 0.3) is 5.91 Å². The molecule has 0 saturated carbocycles. The number of carboxylic acid groups (broad SMARTS) is 1. The van der Waals surface area contributed by atoms with E-state index >= 15 is 0 Å². The van der Waals surface area contributed by atoms with Crippen molar-refractivity contribution in [3.63, 3.8) is 0 Å². The zero-order valence-corrected chi connectivity index (χ0v) is 10.9. The van der Waals surface area contributed by atoms with E-state index in [1.54, 1.807) is 17.8 Å². The van der Waals surface area contributed by atoms with E-state index in [1.165, 1.54) is 4.90 Å². The molecule has 94 valence electrons. The second-order valence-electron chi connectivity index (χ2n) is 5.11. The van der Waals surface area contributed by atoms with Gasteiger partial charge in [0, 0.05) is 10.3 Å². The lowest BCUT2D eigenvalue weighted by atomic mass is 10.0. The summed E-state index contributed by atoms with van der Waals surface area (Å²) >= 11 is 1.55. The van der Waals surface area contributed by atoms with Gasteiger partial charge < -0.3 is 10.0 Å². The van der Waals surface area contributed by atoms with Crippen LogP contribution in [0.1, 0.15) is 35.1 Å². The predicted molar refractivity (Wildman–Crippen MR) is 68.4 cm³/mol. The van der Waals surface area contributed by atoms with Gasteiger partial charge >= 0.3 is 5.97 Å². The predicted octanol–water partition coefficient (Wildman–Crippen LogP) is 2.12. The maximum atomic E-state index is 12.3. The quantitative estimate of drug-likeness (QED) is 0.843. The first-order chi connectivity index (χ1) is 8.43. The zero-order valence-electron chi connectivity index (χ0n) is 10.1. The number of thioether (sulfide) groups is 1. The molecule has 4 nitrogen and oxygen atoms in total. The number of carbonyl (C=O) groups is 2. The fourth-order valence-electron chi connectivity index (χ4n) is 2.78. The Kier molecular flexibility index (Phi) is 2.26. The monoisotopic (exact) mass is 263 g/mol. The molecule has 0 bridgehead atoms. The van der Waals surface area contributed by atoms with Crippen LogP contribution < -0.4 is 0 Å². The Morgan fingerprint density at radius 2 is 2.06 bits per heavy atom. The number of aliphatic carboxylic acids is 1. The van der Waals surface area contributed by atoms with Crippen molar-refractivity contribution in [2.24, 2.45) is 0 Å². The Bertz CT molecular complexity index is 555. The van der Waals surface area contributed by atoms with E-state index in [-0.39, 0.29) is 11.3 Å². The number of benzene rings is 1. The molecule has 3 rings (SSSR count). The summed E-state index contributed by atoms with van der Waals surface area (Å²) in [5.74, 6) is -1.10. The van der Waals surface area contributed by atoms with Crippen molar-refractivity contribution in [2.45, 2.75) is 30.0 Å². The Balaban J connectivity index is 2.13. The number of carbonyl (C=O) groups excluding carboxylic acids is 1. The van der Waals surface area contributed by atoms with Crippen LogP contribution >= 0.6 is 11.8 Å². The number of amides is 1. The van der Waals surface area contributed by atoms with Crippen LogP contribution in [0.25, 0.3) is 0 Å². The molecule has 1 amide bonds. The Hall–Kier alpha value is -1.49. The summed E-state index contributed by atoms with van der Waals surface area (Å²) < 4.78 is -0.473. The molecule has 2 aliphatic heterocycles. The second kappa shape index (κ2) is 3.51. The summed E-state index contributed by atoms with van der Waals surface area (Å²) in [6.07, 6.45) is 0. The summed E-state index contributed by atoms with van der Waals surface area (Å²) in [6, 6.07) is 6.60. The molecule has 1 N–H and O–H groups in total. The summed E-state index contributed by atoms with van der Waals surface area (Å²) in [4.78, 5) is 25.3. The van der Waals surface area contributed by atoms with Gasteiger partial charge in [0.05, 0.1) is 0 Å². The van der Waals surface area contributed by atoms with Crippen LogP contribution in [0.5, 0.6) is 0 Å². The van der Waals surface area contributed by atoms with E-state index in [9.17, 15) is 14.7 Å². The van der Waals surface area contributed by atoms with Gasteiger partial charge in [0.2, 0.25) is 0 Å². The fourth-order valence-corrected chi connectivity index (χ4v) is 4.36. The van der Waals surface area contributed by atoms with Crippen molar-refractivity contribution < 1.29 is 14.7 Å². The zero-order chi connectivity index (χ0) is 13.1. The lowest BCUT2D eigenvalue weighted by Gasteiger charge is -2.26. The molecule has 5 heteroatoms. The highest BCUT2D eigenvalue weighted by Gasteiger charge is 2.57. The van der Waals surface area contributed by atoms with E-state index in [2.05, 4.69) is 0 Å². The molecule has 0 aliphatic carbocycles. The second-order valence-corrected chi connectivity index (χ2v) is 6.85. The van der Waals surface area contributed by atoms with Crippen LogP contribution in [0.15, 0.2) is 24.3 Å². The fraction of sp³-hybridized carbons (Fsp3) is 0.385. The van der Waals surface area contributed by atoms with Gasteiger partial charge in [-0.15, -0.1) is 11.8 Å². The first kappa shape index (κ1) is 11.6. The first-order valence-corrected chi connectivity index (χ1v) is 6.63. The van der Waals surface area contributed by atoms with Crippen molar-refractivity contribution in [3.05, 3.63) is 35.4 Å². The molecular weight excluding hydrogens is 250 g/mol. The van der Waals surface area contributed by atoms with Gasteiger partial charge in [-0.2, -0.15) is 0 Å². The average Bonchev–Trinajstić information content (AvgIpc) is 2.72. The topological polar surface area (TPSA) is 57.6 Å². The van der Waals surface area contributed by atoms with Crippen molar-refractivity contribution in [1.29, 1.82) is 0 Å². The Labute approximate surface area is 109 Å². The molecular formula is C13H13NO3S. The third-order valence-electron chi connectivity index (χ3n) is 3.53. The number of nitrogens with zero attached hydrogens (tertiary/aromatic N) is 1. The van der Waals surface area contributed by atoms with E-state index in [0.717, 1.165) is 5.56 Å². The lowest BCUT2D eigenvalue weighted by Crippen LogP contribution is -2.47. The molecule has 18 heavy (non-hydrogen) atoms. The third-order valence-corrected chi connectivity index (χ3v) is 5.07. The normalized spacial score (nSPS) is 28.1. The number of rotatable bonds is 1. The number of hydrogen-bond acceptors (Lipinski definition) is 3. The molecule has 0 radical (unpaired) electrons. The summed E-state index contributed by atoms with van der Waals surface area (Å²) in [5.41, 5.74) is 1.57. The van der Waals surface area contributed by atoms with Crippen molar-refractivity contribution in [2.75, 3.05) is 0 Å². The minimum absolute atomic E-state index is 0.162. The Morgan fingerprint density at radius 1 is 1.39 bits per heavy atom. The molecule has 0 aromatic heterocycles. The molecule has 1 aromatic rings. The van der Waals surface area contributed by atoms with Gasteiger partial charge in [-0.05, 0) is 25.5 Å². The minimum atomic E-state index is -0.934. The van der Waals surface area contributed by atoms with Gasteiger partial charge in [-0.1, -0.05) is 18.2 Å². The first-order valence-electron chi connectivity index (χ1n) is 5.76. The number of carboxylic acids is 1. The van der Waals surface area contributed by atoms with E-state index in [4.69, 9.17) is 0 Å². The van der Waals surface area contributed by atoms with Gasteiger partial charge in [-0.3, -0.25) is 4.79 Å². The molecule has 0 spiro atoms. The summed E-state index contributed by atoms with van der Waals surface area (Å²) in [6.45, 7) is 3.76. The van der Waals surface area contributed by atoms with Crippen molar-refractivity contribution in [1.82, 2.24) is 4.90 Å². The lowest BCUT2D eigenvalue weighted by molar-refractivity contribution is -0.142. The summed E-state index contributed by atoms with van der Waals surface area (Å²) in [5, 5.41) is 9.22. The van der Waals surface area contributed by atoms with Crippen LogP contribution in [-0.4, -0.2) is 32.7 Å². The largest absolute Gasteiger partial charge is 0.480 e. The maximum Gasteiger partial charge on any atom is 0.327 e. The highest BCUT2D eigenvalue weighted by atomic mass is 32.2. The number of hydrogen-bond donors (Lipinski definition) is 1. The molecule has 2 atom stereocenters. The van der Waals surface area contributed by atoms with Crippen LogP contribution in [0.2, 0.25) is 0 Å². The van der Waals surface area contributed by atoms with E-state index in [1.807, 2.05) is 32.0 Å². The molecule has 2 heterocycles. The summed E-state index contributed by atoms with van der Waals surface area (Å²) in [7, 11) is 0.